The summed E-state index contributed by atoms with van der Waals surface area (Å²) in [6.45, 7) is 9.38. The van der Waals surface area contributed by atoms with Crippen LogP contribution in [0.1, 0.15) is 48.4 Å². The van der Waals surface area contributed by atoms with Gasteiger partial charge in [-0.2, -0.15) is 10.2 Å². The number of aliphatic hydroxyl groups excluding tert-OH is 1. The van der Waals surface area contributed by atoms with Crippen LogP contribution in [0.5, 0.6) is 0 Å². The molecule has 42 heavy (non-hydrogen) atoms. The van der Waals surface area contributed by atoms with Crippen molar-refractivity contribution in [3.8, 4) is 17.2 Å². The van der Waals surface area contributed by atoms with Crippen molar-refractivity contribution >= 4 is 27.7 Å². The zero-order valence-corrected chi connectivity index (χ0v) is 26.5. The minimum atomic E-state index is -0.304. The molecule has 1 saturated heterocycles. The van der Waals surface area contributed by atoms with Crippen LogP contribution in [0.2, 0.25) is 0 Å². The highest BCUT2D eigenvalue weighted by Crippen LogP contribution is 2.26. The van der Waals surface area contributed by atoms with E-state index in [9.17, 15) is 14.4 Å². The molecule has 1 fully saturated rings. The third kappa shape index (κ3) is 9.52. The number of amides is 1. The van der Waals surface area contributed by atoms with Crippen LogP contribution >= 0.6 is 15.9 Å². The number of hydrogen-bond acceptors (Lipinski definition) is 9. The minimum Gasteiger partial charge on any atom is -0.400 e. The van der Waals surface area contributed by atoms with Crippen molar-refractivity contribution < 1.29 is 14.3 Å². The van der Waals surface area contributed by atoms with Gasteiger partial charge in [0.2, 0.25) is 5.82 Å². The normalized spacial score (nSPS) is 13.2. The lowest BCUT2D eigenvalue weighted by atomic mass is 10.0. The second kappa shape index (κ2) is 18.1. The molecule has 4 rings (SSSR count). The Balaban J connectivity index is 0.00000148. The van der Waals surface area contributed by atoms with Crippen LogP contribution in [0.25, 0.3) is 11.1 Å². The standard InChI is InChI=1S/C28H33BrN8O.CH3F.CH4O/c1-4-24(5-2)37(27-25(29)18-32-26(15-30)33-27)34-28(38)23-14-22(16-31-17-23)21-8-6-20(7-9-21)19-36-12-10-35(3)11-13-36;2*1-2/h6-9,14,16-18,24H,4-5,10-13,19H2,1-3H3,(H,34,38);1H3;2H,1H3. The van der Waals surface area contributed by atoms with Gasteiger partial charge in [-0.3, -0.25) is 29.5 Å². The van der Waals surface area contributed by atoms with Gasteiger partial charge in [-0.15, -0.1) is 0 Å². The Morgan fingerprint density at radius 1 is 1.10 bits per heavy atom. The number of pyridine rings is 1. The van der Waals surface area contributed by atoms with Crippen LogP contribution in [0.15, 0.2) is 53.4 Å². The molecule has 1 aliphatic rings. The number of hydrazine groups is 1. The molecule has 1 aliphatic heterocycles. The first-order valence-corrected chi connectivity index (χ1v) is 14.5. The van der Waals surface area contributed by atoms with Gasteiger partial charge in [0.1, 0.15) is 6.07 Å². The number of nitrogens with one attached hydrogen (secondary N) is 1. The number of carbonyl (C=O) groups is 1. The smallest absolute Gasteiger partial charge is 0.271 e. The Hall–Kier alpha value is -3.50. The van der Waals surface area contributed by atoms with E-state index in [1.807, 2.05) is 26.0 Å². The van der Waals surface area contributed by atoms with E-state index in [1.54, 1.807) is 17.4 Å². The molecule has 0 bridgehead atoms. The number of carbonyl (C=O) groups excluding carboxylic acids is 1. The average molecular weight is 644 g/mol. The number of hydrogen-bond donors (Lipinski definition) is 2. The lowest BCUT2D eigenvalue weighted by Crippen LogP contribution is -2.49. The third-order valence-corrected chi connectivity index (χ3v) is 7.43. The predicted molar refractivity (Wildman–Crippen MR) is 166 cm³/mol. The van der Waals surface area contributed by atoms with E-state index in [1.165, 1.54) is 11.8 Å². The molecule has 1 aromatic carbocycles. The van der Waals surface area contributed by atoms with E-state index in [-0.39, 0.29) is 17.8 Å². The van der Waals surface area contributed by atoms with Crippen molar-refractivity contribution in [3.05, 3.63) is 70.3 Å². The van der Waals surface area contributed by atoms with E-state index >= 15 is 0 Å². The lowest BCUT2D eigenvalue weighted by Gasteiger charge is -2.32. The van der Waals surface area contributed by atoms with Gasteiger partial charge in [0.25, 0.3) is 5.91 Å². The van der Waals surface area contributed by atoms with E-state index in [2.05, 4.69) is 77.4 Å². The number of halogens is 2. The van der Waals surface area contributed by atoms with Gasteiger partial charge in [0.15, 0.2) is 5.82 Å². The summed E-state index contributed by atoms with van der Waals surface area (Å²) in [5.41, 5.74) is 6.57. The van der Waals surface area contributed by atoms with Crippen molar-refractivity contribution in [3.63, 3.8) is 0 Å². The molecule has 0 saturated carbocycles. The molecular formula is C30H40BrFN8O2. The number of rotatable bonds is 9. The molecule has 0 unspecified atom stereocenters. The number of piperazine rings is 1. The molecule has 0 spiro atoms. The highest BCUT2D eigenvalue weighted by molar-refractivity contribution is 9.10. The van der Waals surface area contributed by atoms with Crippen molar-refractivity contribution in [2.45, 2.75) is 39.3 Å². The first-order chi connectivity index (χ1) is 20.4. The third-order valence-electron chi connectivity index (χ3n) is 6.87. The summed E-state index contributed by atoms with van der Waals surface area (Å²) >= 11 is 3.47. The van der Waals surface area contributed by atoms with Gasteiger partial charge in [0, 0.05) is 64.0 Å². The second-order valence-electron chi connectivity index (χ2n) is 9.50. The molecule has 3 aromatic rings. The number of nitrogens with zero attached hydrogens (tertiary/aromatic N) is 7. The zero-order valence-electron chi connectivity index (χ0n) is 24.9. The fraction of sp³-hybridized carbons (Fsp3) is 0.433. The highest BCUT2D eigenvalue weighted by atomic mass is 79.9. The largest absolute Gasteiger partial charge is 0.400 e. The Labute approximate surface area is 256 Å². The maximum Gasteiger partial charge on any atom is 0.271 e. The molecule has 0 aliphatic carbocycles. The van der Waals surface area contributed by atoms with E-state index in [0.717, 1.165) is 63.8 Å². The Bertz CT molecular complexity index is 1290. The second-order valence-corrected chi connectivity index (χ2v) is 10.4. The number of benzene rings is 1. The van der Waals surface area contributed by atoms with Crippen LogP contribution < -0.4 is 10.4 Å². The molecular weight excluding hydrogens is 603 g/mol. The van der Waals surface area contributed by atoms with Gasteiger partial charge in [-0.1, -0.05) is 38.1 Å². The molecule has 0 atom stereocenters. The fourth-order valence-corrected chi connectivity index (χ4v) is 4.90. The van der Waals surface area contributed by atoms with Gasteiger partial charge in [-0.05, 0) is 53.0 Å². The van der Waals surface area contributed by atoms with E-state index < -0.39 is 0 Å². The molecule has 0 radical (unpaired) electrons. The maximum absolute atomic E-state index is 13.4. The summed E-state index contributed by atoms with van der Waals surface area (Å²) in [4.78, 5) is 30.9. The van der Waals surface area contributed by atoms with Crippen LogP contribution in [-0.4, -0.2) is 89.3 Å². The molecule has 2 N–H and O–H groups in total. The van der Waals surface area contributed by atoms with Crippen molar-refractivity contribution in [2.24, 2.45) is 0 Å². The number of alkyl halides is 1. The molecule has 226 valence electrons. The molecule has 3 heterocycles. The monoisotopic (exact) mass is 642 g/mol. The summed E-state index contributed by atoms with van der Waals surface area (Å²) in [6, 6.07) is 12.3. The van der Waals surface area contributed by atoms with Crippen LogP contribution in [-0.2, 0) is 6.54 Å². The van der Waals surface area contributed by atoms with Crippen molar-refractivity contribution in [1.29, 1.82) is 5.26 Å². The van der Waals surface area contributed by atoms with Crippen LogP contribution in [0.4, 0.5) is 10.2 Å². The van der Waals surface area contributed by atoms with Crippen molar-refractivity contribution in [1.82, 2.24) is 30.2 Å². The van der Waals surface area contributed by atoms with Crippen molar-refractivity contribution in [2.75, 3.05) is 52.5 Å². The summed E-state index contributed by atoms with van der Waals surface area (Å²) < 4.78 is 10.1. The molecule has 10 nitrogen and oxygen atoms in total. The maximum atomic E-state index is 13.4. The summed E-state index contributed by atoms with van der Waals surface area (Å²) in [7, 11) is 3.66. The Morgan fingerprint density at radius 3 is 2.33 bits per heavy atom. The SMILES string of the molecule is CCC(CC)N(NC(=O)c1cncc(-c2ccc(CN3CCN(C)CC3)cc2)c1)c1nc(C#N)ncc1Br.CF.CO. The average Bonchev–Trinajstić information content (AvgIpc) is 3.05. The van der Waals surface area contributed by atoms with Crippen LogP contribution in [0.3, 0.4) is 0 Å². The fourth-order valence-electron chi connectivity index (χ4n) is 4.51. The minimum absolute atomic E-state index is 0.0271. The first-order valence-electron chi connectivity index (χ1n) is 13.7. The number of aromatic nitrogens is 3. The summed E-state index contributed by atoms with van der Waals surface area (Å²) in [6.07, 6.45) is 6.40. The number of likely N-dealkylation sites (N-methyl/N-ethyl adjacent to an activating group) is 1. The molecule has 2 aromatic heterocycles. The lowest BCUT2D eigenvalue weighted by molar-refractivity contribution is 0.0942. The summed E-state index contributed by atoms with van der Waals surface area (Å²) in [5.74, 6) is 0.175. The molecule has 1 amide bonds. The number of nitriles is 1. The van der Waals surface area contributed by atoms with Gasteiger partial charge in [-0.25, -0.2) is 4.98 Å². The Morgan fingerprint density at radius 2 is 1.74 bits per heavy atom. The van der Waals surface area contributed by atoms with Gasteiger partial charge < -0.3 is 10.0 Å². The number of aliphatic hydroxyl groups is 1. The Kier molecular flexibility index (Phi) is 15.0. The number of anilines is 1. The van der Waals surface area contributed by atoms with E-state index in [0.29, 0.717) is 23.0 Å². The van der Waals surface area contributed by atoms with Crippen LogP contribution in [0, 0.1) is 11.3 Å². The van der Waals surface area contributed by atoms with Gasteiger partial charge >= 0.3 is 0 Å². The molecule has 12 heteroatoms. The highest BCUT2D eigenvalue weighted by Gasteiger charge is 2.24. The predicted octanol–water partition coefficient (Wildman–Crippen LogP) is 4.45. The zero-order chi connectivity index (χ0) is 31.1. The first kappa shape index (κ1) is 34.7. The topological polar surface area (TPSA) is 122 Å². The van der Waals surface area contributed by atoms with E-state index in [4.69, 9.17) is 5.11 Å². The quantitative estimate of drug-likeness (QED) is 0.326. The summed E-state index contributed by atoms with van der Waals surface area (Å²) in [5, 5.41) is 18.0. The van der Waals surface area contributed by atoms with Gasteiger partial charge in [0.05, 0.1) is 23.3 Å².